The van der Waals surface area contributed by atoms with Gasteiger partial charge < -0.3 is 4.52 Å². The monoisotopic (exact) mass is 276 g/mol. The fourth-order valence-electron chi connectivity index (χ4n) is 1.81. The Labute approximate surface area is 112 Å². The van der Waals surface area contributed by atoms with Crippen LogP contribution < -0.4 is 5.56 Å². The van der Waals surface area contributed by atoms with Crippen molar-refractivity contribution in [3.8, 4) is 0 Å². The first-order valence-electron chi connectivity index (χ1n) is 6.02. The average Bonchev–Trinajstić information content (AvgIpc) is 3.03. The lowest BCUT2D eigenvalue weighted by Gasteiger charge is -2.00. The van der Waals surface area contributed by atoms with Gasteiger partial charge in [-0.2, -0.15) is 4.98 Å². The highest BCUT2D eigenvalue weighted by molar-refractivity contribution is 7.17. The normalized spacial score (nSPS) is 11.2. The van der Waals surface area contributed by atoms with Crippen LogP contribution >= 0.6 is 11.3 Å². The first kappa shape index (κ1) is 12.0. The standard InChI is InChI=1S/C12H12N4O2S/c1-2-3-10-14-9(15-18-10)6-16-7-13-8-4-5-19-11(8)12(16)17/h4-5,7H,2-3,6H2,1H3. The van der Waals surface area contributed by atoms with E-state index >= 15 is 0 Å². The van der Waals surface area contributed by atoms with Gasteiger partial charge in [0.25, 0.3) is 5.56 Å². The lowest BCUT2D eigenvalue weighted by molar-refractivity contribution is 0.371. The summed E-state index contributed by atoms with van der Waals surface area (Å²) in [4.78, 5) is 20.6. The van der Waals surface area contributed by atoms with Crippen LogP contribution in [0.4, 0.5) is 0 Å². The third-order valence-electron chi connectivity index (χ3n) is 2.72. The van der Waals surface area contributed by atoms with E-state index in [2.05, 4.69) is 15.1 Å². The molecule has 0 aliphatic heterocycles. The van der Waals surface area contributed by atoms with Crippen molar-refractivity contribution in [2.24, 2.45) is 0 Å². The van der Waals surface area contributed by atoms with Crippen molar-refractivity contribution in [2.75, 3.05) is 0 Å². The number of aromatic nitrogens is 4. The van der Waals surface area contributed by atoms with Crippen LogP contribution in [0.15, 0.2) is 27.1 Å². The maximum atomic E-state index is 12.2. The quantitative estimate of drug-likeness (QED) is 0.727. The second-order valence-corrected chi connectivity index (χ2v) is 5.08. The molecule has 98 valence electrons. The number of hydrogen-bond acceptors (Lipinski definition) is 6. The minimum absolute atomic E-state index is 0.0677. The summed E-state index contributed by atoms with van der Waals surface area (Å²) in [6.07, 6.45) is 3.22. The van der Waals surface area contributed by atoms with Gasteiger partial charge in [0, 0.05) is 6.42 Å². The van der Waals surface area contributed by atoms with E-state index in [0.29, 0.717) is 16.4 Å². The summed E-state index contributed by atoms with van der Waals surface area (Å²) < 4.78 is 7.25. The van der Waals surface area contributed by atoms with Gasteiger partial charge in [-0.1, -0.05) is 12.1 Å². The molecular formula is C12H12N4O2S. The molecule has 3 aromatic heterocycles. The number of thiophene rings is 1. The fraction of sp³-hybridized carbons (Fsp3) is 0.333. The Morgan fingerprint density at radius 3 is 3.21 bits per heavy atom. The Morgan fingerprint density at radius 2 is 2.37 bits per heavy atom. The summed E-state index contributed by atoms with van der Waals surface area (Å²) in [5.74, 6) is 1.11. The van der Waals surface area contributed by atoms with Crippen LogP contribution in [0.25, 0.3) is 10.2 Å². The Kier molecular flexibility index (Phi) is 3.12. The van der Waals surface area contributed by atoms with Gasteiger partial charge in [-0.3, -0.25) is 9.36 Å². The number of hydrogen-bond donors (Lipinski definition) is 0. The highest BCUT2D eigenvalue weighted by atomic mass is 32.1. The molecule has 0 bridgehead atoms. The second-order valence-electron chi connectivity index (χ2n) is 4.17. The maximum absolute atomic E-state index is 12.2. The average molecular weight is 276 g/mol. The lowest BCUT2D eigenvalue weighted by atomic mass is 10.3. The maximum Gasteiger partial charge on any atom is 0.271 e. The van der Waals surface area contributed by atoms with E-state index in [0.717, 1.165) is 18.4 Å². The predicted octanol–water partition coefficient (Wildman–Crippen LogP) is 1.84. The molecule has 0 aliphatic carbocycles. The highest BCUT2D eigenvalue weighted by Gasteiger charge is 2.09. The molecule has 0 saturated carbocycles. The van der Waals surface area contributed by atoms with Gasteiger partial charge in [0.1, 0.15) is 4.70 Å². The van der Waals surface area contributed by atoms with Crippen LogP contribution in [0.3, 0.4) is 0 Å². The van der Waals surface area contributed by atoms with E-state index in [9.17, 15) is 4.79 Å². The molecular weight excluding hydrogens is 264 g/mol. The van der Waals surface area contributed by atoms with Gasteiger partial charge in [0.2, 0.25) is 5.89 Å². The molecule has 7 heteroatoms. The van der Waals surface area contributed by atoms with Crippen molar-refractivity contribution in [2.45, 2.75) is 26.3 Å². The van der Waals surface area contributed by atoms with Gasteiger partial charge >= 0.3 is 0 Å². The molecule has 6 nitrogen and oxygen atoms in total. The molecule has 0 aliphatic rings. The van der Waals surface area contributed by atoms with Crippen LogP contribution in [-0.2, 0) is 13.0 Å². The summed E-state index contributed by atoms with van der Waals surface area (Å²) in [7, 11) is 0. The van der Waals surface area contributed by atoms with Crippen molar-refractivity contribution in [3.05, 3.63) is 39.8 Å². The van der Waals surface area contributed by atoms with Gasteiger partial charge in [-0.15, -0.1) is 11.3 Å². The van der Waals surface area contributed by atoms with Crippen molar-refractivity contribution in [1.82, 2.24) is 19.7 Å². The Bertz CT molecular complexity index is 758. The Morgan fingerprint density at radius 1 is 1.47 bits per heavy atom. The first-order valence-corrected chi connectivity index (χ1v) is 6.90. The van der Waals surface area contributed by atoms with E-state index in [4.69, 9.17) is 4.52 Å². The minimum Gasteiger partial charge on any atom is -0.339 e. The second kappa shape index (κ2) is 4.93. The summed E-state index contributed by atoms with van der Waals surface area (Å²) in [6, 6.07) is 1.83. The third-order valence-corrected chi connectivity index (χ3v) is 3.61. The molecule has 0 fully saturated rings. The molecule has 0 radical (unpaired) electrons. The zero-order chi connectivity index (χ0) is 13.2. The molecule has 19 heavy (non-hydrogen) atoms. The molecule has 0 atom stereocenters. The van der Waals surface area contributed by atoms with Crippen LogP contribution in [0, 0.1) is 0 Å². The van der Waals surface area contributed by atoms with E-state index < -0.39 is 0 Å². The van der Waals surface area contributed by atoms with Gasteiger partial charge in [-0.25, -0.2) is 4.98 Å². The topological polar surface area (TPSA) is 73.8 Å². The van der Waals surface area contributed by atoms with E-state index in [1.54, 1.807) is 0 Å². The largest absolute Gasteiger partial charge is 0.339 e. The molecule has 0 aromatic carbocycles. The van der Waals surface area contributed by atoms with Gasteiger partial charge in [0.05, 0.1) is 18.4 Å². The molecule has 3 heterocycles. The van der Waals surface area contributed by atoms with Crippen molar-refractivity contribution >= 4 is 21.6 Å². The Balaban J connectivity index is 1.91. The minimum atomic E-state index is -0.0677. The molecule has 0 amide bonds. The molecule has 0 N–H and O–H groups in total. The molecule has 0 spiro atoms. The number of fused-ring (bicyclic) bond motifs is 1. The van der Waals surface area contributed by atoms with E-state index in [1.165, 1.54) is 22.2 Å². The number of rotatable bonds is 4. The van der Waals surface area contributed by atoms with Crippen LogP contribution in [0.5, 0.6) is 0 Å². The van der Waals surface area contributed by atoms with E-state index in [-0.39, 0.29) is 12.1 Å². The van der Waals surface area contributed by atoms with Gasteiger partial charge in [0.15, 0.2) is 5.82 Å². The number of aryl methyl sites for hydroxylation is 1. The smallest absolute Gasteiger partial charge is 0.271 e. The Hall–Kier alpha value is -2.02. The predicted molar refractivity (Wildman–Crippen MR) is 71.3 cm³/mol. The lowest BCUT2D eigenvalue weighted by Crippen LogP contribution is -2.20. The third kappa shape index (κ3) is 2.28. The van der Waals surface area contributed by atoms with Crippen LogP contribution in [-0.4, -0.2) is 19.7 Å². The number of nitrogens with zero attached hydrogens (tertiary/aromatic N) is 4. The SMILES string of the molecule is CCCc1nc(Cn2cnc3ccsc3c2=O)no1. The van der Waals surface area contributed by atoms with Crippen molar-refractivity contribution in [3.63, 3.8) is 0 Å². The van der Waals surface area contributed by atoms with Crippen molar-refractivity contribution in [1.29, 1.82) is 0 Å². The van der Waals surface area contributed by atoms with Gasteiger partial charge in [-0.05, 0) is 17.9 Å². The molecule has 0 unspecified atom stereocenters. The highest BCUT2D eigenvalue weighted by Crippen LogP contribution is 2.13. The van der Waals surface area contributed by atoms with Crippen LogP contribution in [0.2, 0.25) is 0 Å². The zero-order valence-corrected chi connectivity index (χ0v) is 11.2. The summed E-state index contributed by atoms with van der Waals surface area (Å²) in [6.45, 7) is 2.33. The fourth-order valence-corrected chi connectivity index (χ4v) is 2.61. The summed E-state index contributed by atoms with van der Waals surface area (Å²) >= 11 is 1.39. The molecule has 3 rings (SSSR count). The first-order chi connectivity index (χ1) is 9.28. The summed E-state index contributed by atoms with van der Waals surface area (Å²) in [5, 5.41) is 5.73. The summed E-state index contributed by atoms with van der Waals surface area (Å²) in [5.41, 5.74) is 0.660. The molecule has 0 saturated heterocycles. The van der Waals surface area contributed by atoms with Crippen LogP contribution in [0.1, 0.15) is 25.1 Å². The zero-order valence-electron chi connectivity index (χ0n) is 10.4. The van der Waals surface area contributed by atoms with Crippen molar-refractivity contribution < 1.29 is 4.52 Å². The molecule has 3 aromatic rings. The van der Waals surface area contributed by atoms with E-state index in [1.807, 2.05) is 18.4 Å².